The lowest BCUT2D eigenvalue weighted by molar-refractivity contribution is -0.274. The summed E-state index contributed by atoms with van der Waals surface area (Å²) < 4.78 is 43.2. The summed E-state index contributed by atoms with van der Waals surface area (Å²) in [6, 6.07) is 30.3. The van der Waals surface area contributed by atoms with E-state index in [2.05, 4.69) is 45.0 Å². The molecule has 1 aromatic heterocycles. The van der Waals surface area contributed by atoms with Crippen LogP contribution in [-0.4, -0.2) is 33.5 Å². The number of aromatic nitrogens is 2. The van der Waals surface area contributed by atoms with Gasteiger partial charge < -0.3 is 4.74 Å². The van der Waals surface area contributed by atoms with Crippen molar-refractivity contribution in [2.45, 2.75) is 12.8 Å². The van der Waals surface area contributed by atoms with Crippen molar-refractivity contribution in [3.8, 4) is 11.4 Å². The number of benzene rings is 5. The molecule has 0 amide bonds. The quantitative estimate of drug-likeness (QED) is 0.148. The third-order valence-corrected chi connectivity index (χ3v) is 6.95. The molecule has 6 rings (SSSR count). The van der Waals surface area contributed by atoms with Crippen LogP contribution in [0.3, 0.4) is 0 Å². The van der Waals surface area contributed by atoms with Crippen LogP contribution in [0.2, 0.25) is 0 Å². The van der Waals surface area contributed by atoms with Gasteiger partial charge in [-0.2, -0.15) is 0 Å². The minimum atomic E-state index is -4.73. The van der Waals surface area contributed by atoms with Crippen LogP contribution < -0.4 is 4.74 Å². The highest BCUT2D eigenvalue weighted by Gasteiger charge is 2.31. The monoisotopic (exact) mass is 553 g/mol. The highest BCUT2D eigenvalue weighted by Crippen LogP contribution is 2.29. The molecule has 0 aliphatic heterocycles. The fraction of sp³-hybridized carbons (Fsp3) is 0.0938. The molecule has 0 unspecified atom stereocenters. The number of hydrogen-bond acceptors (Lipinski definition) is 4. The summed E-state index contributed by atoms with van der Waals surface area (Å²) in [7, 11) is 0. The van der Waals surface area contributed by atoms with Gasteiger partial charge >= 0.3 is 6.36 Å². The van der Waals surface area contributed by atoms with Gasteiger partial charge in [0.2, 0.25) is 0 Å². The molecule has 40 heavy (non-hydrogen) atoms. The molecule has 1 heterocycles. The molecular formula is C32H22F3N3OS. The maximum absolute atomic E-state index is 12.5. The van der Waals surface area contributed by atoms with Crippen molar-refractivity contribution in [1.82, 2.24) is 9.55 Å². The Bertz CT molecular complexity index is 1890. The molecule has 0 fully saturated rings. The molecule has 0 aliphatic carbocycles. The second-order valence-electron chi connectivity index (χ2n) is 9.39. The molecule has 0 spiro atoms. The van der Waals surface area contributed by atoms with Crippen LogP contribution in [0.1, 0.15) is 11.1 Å². The Morgan fingerprint density at radius 3 is 2.50 bits per heavy atom. The third kappa shape index (κ3) is 5.44. The Kier molecular flexibility index (Phi) is 6.77. The molecule has 4 nitrogen and oxygen atoms in total. The first-order valence-corrected chi connectivity index (χ1v) is 13.0. The Balaban J connectivity index is 1.17. The smallest absolute Gasteiger partial charge is 0.406 e. The second kappa shape index (κ2) is 10.5. The first kappa shape index (κ1) is 25.7. The van der Waals surface area contributed by atoms with E-state index in [4.69, 9.17) is 12.2 Å². The number of aliphatic imine (C=N–C) groups is 1. The Hall–Kier alpha value is -4.56. The average molecular weight is 554 g/mol. The molecule has 5 aromatic carbocycles. The maximum atomic E-state index is 12.5. The standard InChI is InChI=1S/C32H22F3N3OS/c33-32(34,35)39-26-12-10-25(11-13-26)38-20-37-31-29-14-8-21(16-24(29)9-15-30(31)38)18-36-19-27(40)17-23-6-3-5-22-4-1-2-7-28(22)23/h1-16,18,20H,17,19H2. The summed E-state index contributed by atoms with van der Waals surface area (Å²) in [5.41, 5.74) is 4.49. The first-order valence-electron chi connectivity index (χ1n) is 12.6. The van der Waals surface area contributed by atoms with Crippen molar-refractivity contribution in [2.75, 3.05) is 6.54 Å². The minimum Gasteiger partial charge on any atom is -0.406 e. The Labute approximate surface area is 233 Å². The molecular weight excluding hydrogens is 531 g/mol. The van der Waals surface area contributed by atoms with Gasteiger partial charge in [0.1, 0.15) is 12.1 Å². The molecule has 0 atom stereocenters. The first-order chi connectivity index (χ1) is 19.3. The van der Waals surface area contributed by atoms with Crippen LogP contribution in [0, 0.1) is 0 Å². The van der Waals surface area contributed by atoms with Crippen LogP contribution in [0.25, 0.3) is 38.3 Å². The summed E-state index contributed by atoms with van der Waals surface area (Å²) in [6.45, 7) is 0.465. The number of rotatable bonds is 7. The SMILES string of the molecule is FC(F)(F)Oc1ccc(-n2cnc3c4ccc(C=NCC(=S)Cc5cccc6ccccc56)cc4ccc32)cc1. The van der Waals surface area contributed by atoms with E-state index in [1.807, 2.05) is 53.2 Å². The number of ether oxygens (including phenoxy) is 1. The molecule has 0 saturated heterocycles. The van der Waals surface area contributed by atoms with Crippen molar-refractivity contribution in [2.24, 2.45) is 4.99 Å². The van der Waals surface area contributed by atoms with Crippen LogP contribution in [0.15, 0.2) is 108 Å². The minimum absolute atomic E-state index is 0.269. The van der Waals surface area contributed by atoms with Crippen molar-refractivity contribution < 1.29 is 17.9 Å². The van der Waals surface area contributed by atoms with Gasteiger partial charge in [0.15, 0.2) is 0 Å². The summed E-state index contributed by atoms with van der Waals surface area (Å²) in [4.78, 5) is 10.0. The Morgan fingerprint density at radius 1 is 0.875 bits per heavy atom. The molecule has 198 valence electrons. The highest BCUT2D eigenvalue weighted by molar-refractivity contribution is 7.80. The van der Waals surface area contributed by atoms with Gasteiger partial charge in [-0.1, -0.05) is 72.9 Å². The van der Waals surface area contributed by atoms with Gasteiger partial charge in [0.25, 0.3) is 0 Å². The lowest BCUT2D eigenvalue weighted by atomic mass is 10.0. The van der Waals surface area contributed by atoms with Gasteiger partial charge in [0, 0.05) is 28.6 Å². The molecule has 0 saturated carbocycles. The zero-order chi connectivity index (χ0) is 27.7. The van der Waals surface area contributed by atoms with Gasteiger partial charge in [-0.05, 0) is 63.7 Å². The number of hydrogen-bond donors (Lipinski definition) is 0. The third-order valence-electron chi connectivity index (χ3n) is 6.68. The fourth-order valence-corrected chi connectivity index (χ4v) is 5.12. The van der Waals surface area contributed by atoms with Crippen molar-refractivity contribution in [1.29, 1.82) is 0 Å². The zero-order valence-corrected chi connectivity index (χ0v) is 21.9. The van der Waals surface area contributed by atoms with Crippen LogP contribution >= 0.6 is 12.2 Å². The van der Waals surface area contributed by atoms with Gasteiger partial charge in [0.05, 0.1) is 17.6 Å². The maximum Gasteiger partial charge on any atom is 0.573 e. The lowest BCUT2D eigenvalue weighted by Crippen LogP contribution is -2.17. The highest BCUT2D eigenvalue weighted by atomic mass is 32.1. The van der Waals surface area contributed by atoms with Crippen molar-refractivity contribution in [3.63, 3.8) is 0 Å². The van der Waals surface area contributed by atoms with Gasteiger partial charge in [-0.25, -0.2) is 4.98 Å². The van der Waals surface area contributed by atoms with Gasteiger partial charge in [-0.3, -0.25) is 9.56 Å². The van der Waals surface area contributed by atoms with Crippen LogP contribution in [0.5, 0.6) is 5.75 Å². The fourth-order valence-electron chi connectivity index (χ4n) is 4.89. The number of alkyl halides is 3. The number of nitrogens with zero attached hydrogens (tertiary/aromatic N) is 3. The predicted octanol–water partition coefficient (Wildman–Crippen LogP) is 8.26. The summed E-state index contributed by atoms with van der Waals surface area (Å²) in [5.74, 6) is -0.269. The van der Waals surface area contributed by atoms with E-state index in [1.54, 1.807) is 18.5 Å². The van der Waals surface area contributed by atoms with E-state index in [-0.39, 0.29) is 5.75 Å². The molecule has 6 aromatic rings. The molecule has 0 N–H and O–H groups in total. The topological polar surface area (TPSA) is 39.4 Å². The summed E-state index contributed by atoms with van der Waals surface area (Å²) in [6.07, 6.45) is -0.530. The van der Waals surface area contributed by atoms with E-state index in [0.29, 0.717) is 18.7 Å². The van der Waals surface area contributed by atoms with Crippen LogP contribution in [0.4, 0.5) is 13.2 Å². The summed E-state index contributed by atoms with van der Waals surface area (Å²) >= 11 is 5.64. The Morgan fingerprint density at radius 2 is 1.68 bits per heavy atom. The molecule has 0 aliphatic rings. The average Bonchev–Trinajstić information content (AvgIpc) is 3.37. The molecule has 0 bridgehead atoms. The lowest BCUT2D eigenvalue weighted by Gasteiger charge is -2.10. The summed E-state index contributed by atoms with van der Waals surface area (Å²) in [5, 5.41) is 4.40. The van der Waals surface area contributed by atoms with Crippen molar-refractivity contribution in [3.05, 3.63) is 115 Å². The van der Waals surface area contributed by atoms with Gasteiger partial charge in [-0.15, -0.1) is 13.2 Å². The van der Waals surface area contributed by atoms with E-state index < -0.39 is 6.36 Å². The second-order valence-corrected chi connectivity index (χ2v) is 9.97. The number of fused-ring (bicyclic) bond motifs is 4. The van der Waals surface area contributed by atoms with E-state index in [1.165, 1.54) is 28.5 Å². The number of thiocarbonyl (C=S) groups is 1. The van der Waals surface area contributed by atoms with E-state index >= 15 is 0 Å². The van der Waals surface area contributed by atoms with E-state index in [0.717, 1.165) is 32.2 Å². The van der Waals surface area contributed by atoms with Crippen LogP contribution in [-0.2, 0) is 6.42 Å². The predicted molar refractivity (Wildman–Crippen MR) is 158 cm³/mol. The van der Waals surface area contributed by atoms with Crippen molar-refractivity contribution >= 4 is 55.9 Å². The molecule has 8 heteroatoms. The molecule has 0 radical (unpaired) electrons. The van der Waals surface area contributed by atoms with E-state index in [9.17, 15) is 13.2 Å². The number of imidazole rings is 1. The normalized spacial score (nSPS) is 12.1. The zero-order valence-electron chi connectivity index (χ0n) is 21.1. The largest absolute Gasteiger partial charge is 0.573 e. The number of halogens is 3.